The molecule has 0 aromatic carbocycles. The molecule has 4 heterocycles. The third-order valence-electron chi connectivity index (χ3n) is 4.01. The highest BCUT2D eigenvalue weighted by molar-refractivity contribution is 5.83. The minimum Gasteiger partial charge on any atom is -0.384 e. The van der Waals surface area contributed by atoms with Gasteiger partial charge in [-0.05, 0) is 39.0 Å². The molecule has 0 fully saturated rings. The van der Waals surface area contributed by atoms with E-state index in [0.717, 1.165) is 33.8 Å². The maximum Gasteiger partial charge on any atom is 0.154 e. The van der Waals surface area contributed by atoms with Gasteiger partial charge < -0.3 is 10.1 Å². The van der Waals surface area contributed by atoms with Gasteiger partial charge in [0.15, 0.2) is 5.65 Å². The van der Waals surface area contributed by atoms with Gasteiger partial charge in [-0.3, -0.25) is 9.38 Å². The maximum atomic E-state index is 10.0. The van der Waals surface area contributed by atoms with Gasteiger partial charge in [0.2, 0.25) is 0 Å². The minimum atomic E-state index is -0.955. The van der Waals surface area contributed by atoms with Crippen LogP contribution in [0.4, 0.5) is 0 Å². The van der Waals surface area contributed by atoms with Gasteiger partial charge in [0.1, 0.15) is 11.4 Å². The molecule has 0 aliphatic carbocycles. The van der Waals surface area contributed by atoms with Crippen molar-refractivity contribution in [2.45, 2.75) is 26.4 Å². The highest BCUT2D eigenvalue weighted by Crippen LogP contribution is 2.28. The van der Waals surface area contributed by atoms with Crippen molar-refractivity contribution in [2.24, 2.45) is 0 Å². The Bertz CT molecular complexity index is 1010. The second-order valence-corrected chi connectivity index (χ2v) is 6.19. The molecule has 2 N–H and O–H groups in total. The van der Waals surface area contributed by atoms with Crippen LogP contribution in [-0.4, -0.2) is 29.4 Å². The summed E-state index contributed by atoms with van der Waals surface area (Å²) in [6.45, 7) is 5.41. The van der Waals surface area contributed by atoms with E-state index in [-0.39, 0.29) is 0 Å². The summed E-state index contributed by atoms with van der Waals surface area (Å²) in [6.07, 6.45) is 5.43. The van der Waals surface area contributed by atoms with Crippen molar-refractivity contribution in [3.05, 3.63) is 48.3 Å². The summed E-state index contributed by atoms with van der Waals surface area (Å²) in [5, 5.41) is 10.0. The molecule has 0 atom stereocenters. The summed E-state index contributed by atoms with van der Waals surface area (Å²) in [5.41, 5.74) is 4.19. The normalized spacial score (nSPS) is 12.3. The smallest absolute Gasteiger partial charge is 0.154 e. The Balaban J connectivity index is 1.92. The van der Waals surface area contributed by atoms with Gasteiger partial charge in [-0.15, -0.1) is 0 Å². The van der Waals surface area contributed by atoms with Crippen LogP contribution in [-0.2, 0) is 5.60 Å². The van der Waals surface area contributed by atoms with Gasteiger partial charge in [-0.25, -0.2) is 9.97 Å². The summed E-state index contributed by atoms with van der Waals surface area (Å²) < 4.78 is 2.08. The van der Waals surface area contributed by atoms with Gasteiger partial charge in [0, 0.05) is 18.0 Å². The number of H-pyrrole nitrogens is 1. The molecule has 4 aromatic rings. The molecular weight excluding hydrogens is 290 g/mol. The second-order valence-electron chi connectivity index (χ2n) is 6.19. The Morgan fingerprint density at radius 3 is 2.61 bits per heavy atom. The van der Waals surface area contributed by atoms with Crippen LogP contribution in [0.5, 0.6) is 0 Å². The van der Waals surface area contributed by atoms with E-state index in [1.807, 2.05) is 37.5 Å². The van der Waals surface area contributed by atoms with Gasteiger partial charge in [0.05, 0.1) is 28.6 Å². The highest BCUT2D eigenvalue weighted by atomic mass is 16.3. The summed E-state index contributed by atoms with van der Waals surface area (Å²) in [7, 11) is 0. The van der Waals surface area contributed by atoms with Crippen molar-refractivity contribution in [1.82, 2.24) is 24.3 Å². The molecule has 4 rings (SSSR count). The average Bonchev–Trinajstić information content (AvgIpc) is 3.10. The van der Waals surface area contributed by atoms with Gasteiger partial charge in [0.25, 0.3) is 0 Å². The Hall–Kier alpha value is -2.73. The van der Waals surface area contributed by atoms with Gasteiger partial charge >= 0.3 is 0 Å². The van der Waals surface area contributed by atoms with Gasteiger partial charge in [-0.2, -0.15) is 0 Å². The van der Waals surface area contributed by atoms with Crippen molar-refractivity contribution in [2.75, 3.05) is 0 Å². The van der Waals surface area contributed by atoms with E-state index in [1.165, 1.54) is 0 Å². The minimum absolute atomic E-state index is 0.632. The van der Waals surface area contributed by atoms with E-state index >= 15 is 0 Å². The standard InChI is InChI=1S/C17H17N5O/c1-10-21-15(11-4-5-14(19-8-11)17(2,3)23)13-9-20-16-12(22(10)13)6-7-18-16/h4-9,18,23H,1-3H3. The Morgan fingerprint density at radius 2 is 1.91 bits per heavy atom. The second kappa shape index (κ2) is 4.63. The molecule has 0 unspecified atom stereocenters. The van der Waals surface area contributed by atoms with Crippen molar-refractivity contribution < 1.29 is 5.11 Å². The molecule has 0 bridgehead atoms. The summed E-state index contributed by atoms with van der Waals surface area (Å²) in [6, 6.07) is 5.75. The number of rotatable bonds is 2. The predicted molar refractivity (Wildman–Crippen MR) is 88.1 cm³/mol. The molecule has 0 saturated carbocycles. The van der Waals surface area contributed by atoms with Crippen molar-refractivity contribution in [3.8, 4) is 11.3 Å². The molecule has 0 aliphatic rings. The Morgan fingerprint density at radius 1 is 1.09 bits per heavy atom. The highest BCUT2D eigenvalue weighted by Gasteiger charge is 2.19. The van der Waals surface area contributed by atoms with Crippen LogP contribution in [0, 0.1) is 6.92 Å². The zero-order chi connectivity index (χ0) is 16.2. The zero-order valence-electron chi connectivity index (χ0n) is 13.2. The number of hydrogen-bond acceptors (Lipinski definition) is 4. The monoisotopic (exact) mass is 307 g/mol. The lowest BCUT2D eigenvalue weighted by atomic mass is 10.0. The first-order valence-corrected chi connectivity index (χ1v) is 7.45. The summed E-state index contributed by atoms with van der Waals surface area (Å²) >= 11 is 0. The van der Waals surface area contributed by atoms with Gasteiger partial charge in [-0.1, -0.05) is 0 Å². The van der Waals surface area contributed by atoms with Crippen LogP contribution >= 0.6 is 0 Å². The van der Waals surface area contributed by atoms with Crippen LogP contribution < -0.4 is 0 Å². The number of nitrogens with one attached hydrogen (secondary N) is 1. The molecule has 0 saturated heterocycles. The van der Waals surface area contributed by atoms with E-state index in [1.54, 1.807) is 20.0 Å². The van der Waals surface area contributed by atoms with Crippen LogP contribution in [0.1, 0.15) is 25.4 Å². The van der Waals surface area contributed by atoms with Crippen molar-refractivity contribution in [1.29, 1.82) is 0 Å². The molecule has 0 aliphatic heterocycles. The summed E-state index contributed by atoms with van der Waals surface area (Å²) in [4.78, 5) is 16.6. The summed E-state index contributed by atoms with van der Waals surface area (Å²) in [5.74, 6) is 0.897. The quantitative estimate of drug-likeness (QED) is 0.597. The number of aryl methyl sites for hydroxylation is 1. The third-order valence-corrected chi connectivity index (χ3v) is 4.01. The molecular formula is C17H17N5O. The van der Waals surface area contributed by atoms with E-state index in [9.17, 15) is 5.11 Å². The number of pyridine rings is 1. The molecule has 4 aromatic heterocycles. The number of fused-ring (bicyclic) bond motifs is 3. The molecule has 0 spiro atoms. The van der Waals surface area contributed by atoms with Crippen LogP contribution in [0.25, 0.3) is 27.9 Å². The van der Waals surface area contributed by atoms with Crippen molar-refractivity contribution >= 4 is 16.7 Å². The Kier molecular flexibility index (Phi) is 2.80. The first-order chi connectivity index (χ1) is 10.9. The van der Waals surface area contributed by atoms with Crippen LogP contribution in [0.15, 0.2) is 36.8 Å². The lowest BCUT2D eigenvalue weighted by Crippen LogP contribution is -2.17. The van der Waals surface area contributed by atoms with Crippen LogP contribution in [0.2, 0.25) is 0 Å². The molecule has 23 heavy (non-hydrogen) atoms. The molecule has 116 valence electrons. The average molecular weight is 307 g/mol. The number of aromatic amines is 1. The largest absolute Gasteiger partial charge is 0.384 e. The molecule has 0 radical (unpaired) electrons. The molecule has 6 nitrogen and oxygen atoms in total. The number of aliphatic hydroxyl groups is 1. The number of nitrogens with zero attached hydrogens (tertiary/aromatic N) is 4. The van der Waals surface area contributed by atoms with Crippen LogP contribution in [0.3, 0.4) is 0 Å². The van der Waals surface area contributed by atoms with E-state index in [4.69, 9.17) is 0 Å². The lowest BCUT2D eigenvalue weighted by Gasteiger charge is -2.16. The number of imidazole rings is 1. The fourth-order valence-corrected chi connectivity index (χ4v) is 2.84. The number of hydrogen-bond donors (Lipinski definition) is 2. The fraction of sp³-hybridized carbons (Fsp3) is 0.235. The lowest BCUT2D eigenvalue weighted by molar-refractivity contribution is 0.0739. The first kappa shape index (κ1) is 13.9. The van der Waals surface area contributed by atoms with E-state index < -0.39 is 5.60 Å². The third kappa shape index (κ3) is 2.10. The topological polar surface area (TPSA) is 79.1 Å². The molecule has 6 heteroatoms. The SMILES string of the molecule is Cc1nc(-c2ccc(C(C)(C)O)nc2)c2cnc3[nH]ccc3n12. The zero-order valence-corrected chi connectivity index (χ0v) is 13.2. The fourth-order valence-electron chi connectivity index (χ4n) is 2.84. The predicted octanol–water partition coefficient (Wildman–Crippen LogP) is 2.81. The number of aromatic nitrogens is 5. The van der Waals surface area contributed by atoms with E-state index in [0.29, 0.717) is 5.69 Å². The molecule has 0 amide bonds. The Labute approximate surface area is 132 Å². The maximum absolute atomic E-state index is 10.0. The van der Waals surface area contributed by atoms with Crippen molar-refractivity contribution in [3.63, 3.8) is 0 Å². The van der Waals surface area contributed by atoms with E-state index in [2.05, 4.69) is 24.3 Å². The first-order valence-electron chi connectivity index (χ1n) is 7.45.